The third-order valence-corrected chi connectivity index (χ3v) is 0. The van der Waals surface area contributed by atoms with Crippen molar-refractivity contribution in [2.75, 3.05) is 14.2 Å². The van der Waals surface area contributed by atoms with Crippen molar-refractivity contribution < 1.29 is 9.05 Å². The summed E-state index contributed by atoms with van der Waals surface area (Å²) in [5.74, 6) is 0. The molecule has 0 atom stereocenters. The van der Waals surface area contributed by atoms with E-state index in [-0.39, 0.29) is 0 Å². The molecule has 0 saturated carbocycles. The van der Waals surface area contributed by atoms with Crippen LogP contribution in [0.5, 0.6) is 0 Å². The number of ether oxygens (including phenoxy) is 1. The Morgan fingerprint density at radius 3 is 1.83 bits per heavy atom. The van der Waals surface area contributed by atoms with Crippen LogP contribution in [0.2, 0.25) is 6.82 Å². The van der Waals surface area contributed by atoms with Gasteiger partial charge in [-0.15, -0.1) is 0 Å². The average Bonchev–Trinajstić information content (AvgIpc) is 1.33. The lowest BCUT2D eigenvalue weighted by molar-refractivity contribution is 0.277. The molecule has 0 aliphatic heterocycles. The van der Waals surface area contributed by atoms with Crippen molar-refractivity contribution in [3.63, 3.8) is 0 Å². The maximum atomic E-state index is 10.7. The molecule has 0 rings (SSSR count). The second-order valence-corrected chi connectivity index (χ2v) is 0.626. The Labute approximate surface area is 40.1 Å². The third-order valence-electron chi connectivity index (χ3n) is 0. The fourth-order valence-electron chi connectivity index (χ4n) is 0. The van der Waals surface area contributed by atoms with E-state index in [0.29, 0.717) is 0 Å². The molecule has 0 heterocycles. The standard InChI is InChI=1S/C2H6O.CH4BF/c1-3-2;1-2-3/h1-2H3;2H,1H3/i;2T. The maximum Gasteiger partial charge on any atom is 0.328 e. The Hall–Kier alpha value is -0.0451. The monoisotopic (exact) mass is 94.1 g/mol. The second-order valence-electron chi connectivity index (χ2n) is 0.626. The normalized spacial score (nSPS) is 7.67. The van der Waals surface area contributed by atoms with Crippen LogP contribution < -0.4 is 0 Å². The molecular formula is C3H10BFO. The van der Waals surface area contributed by atoms with Gasteiger partial charge in [0.2, 0.25) is 0 Å². The molecule has 0 spiro atoms. The molecule has 1 nitrogen and oxygen atoms in total. The van der Waals surface area contributed by atoms with E-state index in [4.69, 9.17) is 1.34 Å². The summed E-state index contributed by atoms with van der Waals surface area (Å²) in [6.07, 6.45) is 0. The van der Waals surface area contributed by atoms with Gasteiger partial charge in [0.1, 0.15) is 0 Å². The largest absolute Gasteiger partial charge is 0.388 e. The van der Waals surface area contributed by atoms with E-state index in [1.165, 1.54) is 6.82 Å². The smallest absolute Gasteiger partial charge is 0.328 e. The van der Waals surface area contributed by atoms with Crippen LogP contribution in [-0.2, 0) is 4.74 Å². The second kappa shape index (κ2) is 20.3. The number of hydrogen-bond donors (Lipinski definition) is 0. The van der Waals surface area contributed by atoms with E-state index in [9.17, 15) is 4.32 Å². The molecule has 3 heteroatoms. The Kier molecular flexibility index (Phi) is 20.1. The summed E-state index contributed by atoms with van der Waals surface area (Å²) in [5, 5.41) is 0. The number of rotatable bonds is 0. The highest BCUT2D eigenvalue weighted by Gasteiger charge is 1.51. The highest BCUT2D eigenvalue weighted by Crippen LogP contribution is 1.43. The maximum absolute atomic E-state index is 10.7. The molecule has 0 saturated heterocycles. The minimum Gasteiger partial charge on any atom is -0.388 e. The molecule has 0 N–H and O–H groups in total. The first-order chi connectivity index (χ1) is 3.15. The lowest BCUT2D eigenvalue weighted by Gasteiger charge is -1.61. The molecule has 0 amide bonds. The zero-order valence-corrected chi connectivity index (χ0v) is 4.36. The predicted molar refractivity (Wildman–Crippen MR) is 27.1 cm³/mol. The summed E-state index contributed by atoms with van der Waals surface area (Å²) in [6, 6.07) is 0. The van der Waals surface area contributed by atoms with Gasteiger partial charge in [-0.2, -0.15) is 0 Å². The van der Waals surface area contributed by atoms with Gasteiger partial charge in [-0.3, -0.25) is 0 Å². The molecule has 0 bridgehead atoms. The van der Waals surface area contributed by atoms with Crippen molar-refractivity contribution in [1.29, 1.82) is 1.34 Å². The summed E-state index contributed by atoms with van der Waals surface area (Å²) in [5.41, 5.74) is 0. The molecule has 0 unspecified atom stereocenters. The summed E-state index contributed by atoms with van der Waals surface area (Å²) in [7, 11) is 1.83. The van der Waals surface area contributed by atoms with Gasteiger partial charge < -0.3 is 9.05 Å². The number of halogens is 1. The van der Waals surface area contributed by atoms with Crippen molar-refractivity contribution >= 4 is 7.52 Å². The van der Waals surface area contributed by atoms with Crippen LogP contribution in [0.4, 0.5) is 4.32 Å². The molecule has 0 aliphatic rings. The van der Waals surface area contributed by atoms with Gasteiger partial charge in [-0.25, -0.2) is 0 Å². The van der Waals surface area contributed by atoms with E-state index >= 15 is 0 Å². The van der Waals surface area contributed by atoms with E-state index in [0.717, 1.165) is 0 Å². The molecular weight excluding hydrogens is 81.8 g/mol. The molecule has 0 aromatic heterocycles. The summed E-state index contributed by atoms with van der Waals surface area (Å²) in [4.78, 5) is 0. The zero-order valence-electron chi connectivity index (χ0n) is 5.36. The minimum absolute atomic E-state index is 1.17. The van der Waals surface area contributed by atoms with Crippen LogP contribution >= 0.6 is 0 Å². The van der Waals surface area contributed by atoms with Gasteiger partial charge in [0.25, 0.3) is 0 Å². The van der Waals surface area contributed by atoms with Gasteiger partial charge in [-0.1, -0.05) is 6.82 Å². The topological polar surface area (TPSA) is 9.23 Å². The van der Waals surface area contributed by atoms with Gasteiger partial charge in [0, 0.05) is 15.6 Å². The van der Waals surface area contributed by atoms with Gasteiger partial charge >= 0.3 is 7.52 Å². The van der Waals surface area contributed by atoms with Gasteiger partial charge in [-0.05, 0) is 0 Å². The number of methoxy groups -OCH3 is 1. The summed E-state index contributed by atoms with van der Waals surface area (Å²) in [6.45, 7) is 1.17. The molecule has 0 aliphatic carbocycles. The molecule has 0 aromatic carbocycles. The lowest BCUT2D eigenvalue weighted by atomic mass is 10.2. The van der Waals surface area contributed by atoms with Crippen molar-refractivity contribution in [3.05, 3.63) is 0 Å². The molecule has 0 fully saturated rings. The minimum atomic E-state index is -1.42. The van der Waals surface area contributed by atoms with Crippen LogP contribution in [-0.4, -0.2) is 23.1 Å². The first-order valence-electron chi connectivity index (χ1n) is 2.19. The summed E-state index contributed by atoms with van der Waals surface area (Å²) >= 11 is 0. The predicted octanol–water partition coefficient (Wildman–Crippen LogP) is 0.618. The van der Waals surface area contributed by atoms with Crippen LogP contribution in [0, 0.1) is 0 Å². The Morgan fingerprint density at radius 2 is 1.83 bits per heavy atom. The highest BCUT2D eigenvalue weighted by atomic mass is 19.1. The van der Waals surface area contributed by atoms with Crippen LogP contribution in [0.1, 0.15) is 0 Å². The van der Waals surface area contributed by atoms with E-state index in [1.807, 2.05) is 0 Å². The lowest BCUT2D eigenvalue weighted by Crippen LogP contribution is -1.55. The molecule has 38 valence electrons. The Balaban J connectivity index is 0. The van der Waals surface area contributed by atoms with Crippen molar-refractivity contribution in [3.8, 4) is 0 Å². The highest BCUT2D eigenvalue weighted by molar-refractivity contribution is 6.23. The Morgan fingerprint density at radius 1 is 1.83 bits per heavy atom. The van der Waals surface area contributed by atoms with Crippen LogP contribution in [0.25, 0.3) is 0 Å². The first kappa shape index (κ1) is 5.95. The summed E-state index contributed by atoms with van der Waals surface area (Å²) < 4.78 is 20.8. The van der Waals surface area contributed by atoms with Crippen molar-refractivity contribution in [1.82, 2.24) is 0 Å². The zero-order chi connectivity index (χ0) is 6.28. The fraction of sp³-hybridized carbons (Fsp3) is 1.00. The van der Waals surface area contributed by atoms with Crippen molar-refractivity contribution in [2.45, 2.75) is 6.82 Å². The molecule has 0 aromatic rings. The van der Waals surface area contributed by atoms with E-state index in [1.54, 1.807) is 14.2 Å². The van der Waals surface area contributed by atoms with E-state index in [2.05, 4.69) is 4.74 Å². The third kappa shape index (κ3) is 17000. The fourth-order valence-corrected chi connectivity index (χ4v) is 0. The van der Waals surface area contributed by atoms with Crippen molar-refractivity contribution in [2.24, 2.45) is 0 Å². The van der Waals surface area contributed by atoms with Crippen LogP contribution in [0.3, 0.4) is 0 Å². The van der Waals surface area contributed by atoms with E-state index < -0.39 is 7.52 Å². The molecule has 0 radical (unpaired) electrons. The first-order valence-corrected chi connectivity index (χ1v) is 1.61. The average molecular weight is 93.9 g/mol. The van der Waals surface area contributed by atoms with Gasteiger partial charge in [0.15, 0.2) is 0 Å². The SMILES string of the molecule is COC.[3H]B(C)F. The van der Waals surface area contributed by atoms with Gasteiger partial charge in [0.05, 0.1) is 0 Å². The Bertz CT molecular complexity index is 26.1. The number of hydrogen-bond acceptors (Lipinski definition) is 1. The van der Waals surface area contributed by atoms with Crippen LogP contribution in [0.15, 0.2) is 0 Å². The quantitative estimate of drug-likeness (QED) is 0.399. The molecule has 6 heavy (non-hydrogen) atoms.